The summed E-state index contributed by atoms with van der Waals surface area (Å²) in [6.07, 6.45) is 3.01. The van der Waals surface area contributed by atoms with Crippen molar-refractivity contribution in [3.05, 3.63) is 46.3 Å². The van der Waals surface area contributed by atoms with Gasteiger partial charge in [-0.15, -0.1) is 12.4 Å². The summed E-state index contributed by atoms with van der Waals surface area (Å²) < 4.78 is 13.0. The third kappa shape index (κ3) is 4.49. The monoisotopic (exact) mass is 304 g/mol. The molecule has 0 aliphatic carbocycles. The van der Waals surface area contributed by atoms with E-state index in [1.807, 2.05) is 0 Å². The highest BCUT2D eigenvalue weighted by Gasteiger charge is 2.09. The molecule has 0 saturated carbocycles. The highest BCUT2D eigenvalue weighted by atomic mass is 35.5. The van der Waals surface area contributed by atoms with Crippen LogP contribution in [0.25, 0.3) is 0 Å². The second-order valence-corrected chi connectivity index (χ2v) is 4.54. The van der Waals surface area contributed by atoms with Gasteiger partial charge >= 0.3 is 0 Å². The normalized spacial score (nSPS) is 14.3. The molecular formula is C13H15Cl2FN2O. The van der Waals surface area contributed by atoms with Crippen LogP contribution in [0.2, 0.25) is 5.02 Å². The van der Waals surface area contributed by atoms with Crippen LogP contribution < -0.4 is 10.6 Å². The maximum Gasteiger partial charge on any atom is 0.251 e. The van der Waals surface area contributed by atoms with Crippen molar-refractivity contribution < 1.29 is 9.18 Å². The van der Waals surface area contributed by atoms with E-state index in [1.54, 1.807) is 0 Å². The summed E-state index contributed by atoms with van der Waals surface area (Å²) in [5.41, 5.74) is 1.58. The van der Waals surface area contributed by atoms with Gasteiger partial charge in [-0.25, -0.2) is 4.39 Å². The summed E-state index contributed by atoms with van der Waals surface area (Å²) in [6, 6.07) is 3.96. The molecule has 2 rings (SSSR count). The quantitative estimate of drug-likeness (QED) is 0.843. The van der Waals surface area contributed by atoms with Gasteiger partial charge in [-0.2, -0.15) is 0 Å². The van der Waals surface area contributed by atoms with Crippen molar-refractivity contribution in [2.45, 2.75) is 6.42 Å². The van der Waals surface area contributed by atoms with Crippen LogP contribution >= 0.6 is 24.0 Å². The molecule has 1 heterocycles. The van der Waals surface area contributed by atoms with E-state index >= 15 is 0 Å². The van der Waals surface area contributed by atoms with E-state index in [4.69, 9.17) is 11.6 Å². The van der Waals surface area contributed by atoms with E-state index in [0.717, 1.165) is 19.5 Å². The molecule has 1 aromatic carbocycles. The minimum absolute atomic E-state index is 0. The third-order valence-electron chi connectivity index (χ3n) is 2.82. The first kappa shape index (κ1) is 16.0. The molecule has 1 aliphatic heterocycles. The molecule has 6 heteroatoms. The van der Waals surface area contributed by atoms with Crippen LogP contribution in [0.1, 0.15) is 16.8 Å². The molecule has 0 unspecified atom stereocenters. The first-order valence-corrected chi connectivity index (χ1v) is 6.16. The fourth-order valence-electron chi connectivity index (χ4n) is 1.76. The predicted molar refractivity (Wildman–Crippen MR) is 76.6 cm³/mol. The lowest BCUT2D eigenvalue weighted by molar-refractivity contribution is 0.0956. The van der Waals surface area contributed by atoms with Crippen LogP contribution in [-0.2, 0) is 0 Å². The smallest absolute Gasteiger partial charge is 0.251 e. The fraction of sp³-hybridized carbons (Fsp3) is 0.308. The molecule has 1 amide bonds. The summed E-state index contributed by atoms with van der Waals surface area (Å²) in [5, 5.41) is 5.96. The molecule has 3 nitrogen and oxygen atoms in total. The molecule has 0 aromatic heterocycles. The maximum absolute atomic E-state index is 13.0. The van der Waals surface area contributed by atoms with Gasteiger partial charge in [0.05, 0.1) is 5.02 Å². The Hall–Kier alpha value is -1.10. The Labute approximate surface area is 122 Å². The minimum atomic E-state index is -0.519. The van der Waals surface area contributed by atoms with Gasteiger partial charge in [0.15, 0.2) is 0 Å². The second kappa shape index (κ2) is 7.48. The van der Waals surface area contributed by atoms with E-state index < -0.39 is 5.82 Å². The Kier molecular flexibility index (Phi) is 6.28. The second-order valence-electron chi connectivity index (χ2n) is 4.13. The first-order chi connectivity index (χ1) is 8.66. The Bertz CT molecular complexity index is 492. The molecule has 0 bridgehead atoms. The topological polar surface area (TPSA) is 41.1 Å². The number of amides is 1. The Morgan fingerprint density at radius 2 is 2.26 bits per heavy atom. The van der Waals surface area contributed by atoms with E-state index in [2.05, 4.69) is 16.7 Å². The van der Waals surface area contributed by atoms with Crippen LogP contribution in [0.4, 0.5) is 4.39 Å². The standard InChI is InChI=1S/C13H14ClFN2O.ClH/c14-11-7-10(1-2-12(11)15)13(18)17-8-9-3-5-16-6-4-9;/h1-3,7,16H,4-6,8H2,(H,17,18);1H. The average Bonchev–Trinajstić information content (AvgIpc) is 2.40. The molecule has 1 aliphatic rings. The zero-order chi connectivity index (χ0) is 13.0. The van der Waals surface area contributed by atoms with Gasteiger partial charge in [-0.1, -0.05) is 23.3 Å². The summed E-state index contributed by atoms with van der Waals surface area (Å²) in [7, 11) is 0. The van der Waals surface area contributed by atoms with Crippen molar-refractivity contribution in [1.29, 1.82) is 0 Å². The molecule has 19 heavy (non-hydrogen) atoms. The number of hydrogen-bond donors (Lipinski definition) is 2. The zero-order valence-electron chi connectivity index (χ0n) is 10.2. The SMILES string of the molecule is Cl.O=C(NCC1=CCNCC1)c1ccc(F)c(Cl)c1. The molecule has 0 spiro atoms. The van der Waals surface area contributed by atoms with E-state index in [0.29, 0.717) is 12.1 Å². The van der Waals surface area contributed by atoms with Crippen molar-refractivity contribution in [3.63, 3.8) is 0 Å². The third-order valence-corrected chi connectivity index (χ3v) is 3.11. The van der Waals surface area contributed by atoms with Gasteiger partial charge in [0.25, 0.3) is 5.91 Å². The Morgan fingerprint density at radius 1 is 1.47 bits per heavy atom. The van der Waals surface area contributed by atoms with Crippen molar-refractivity contribution in [2.24, 2.45) is 0 Å². The van der Waals surface area contributed by atoms with Crippen LogP contribution in [-0.4, -0.2) is 25.5 Å². The summed E-state index contributed by atoms with van der Waals surface area (Å²) in [4.78, 5) is 11.8. The Balaban J connectivity index is 0.00000180. The zero-order valence-corrected chi connectivity index (χ0v) is 11.8. The van der Waals surface area contributed by atoms with E-state index in [9.17, 15) is 9.18 Å². The summed E-state index contributed by atoms with van der Waals surface area (Å²) in [6.45, 7) is 2.30. The molecule has 0 fully saturated rings. The molecular weight excluding hydrogens is 290 g/mol. The van der Waals surface area contributed by atoms with E-state index in [1.165, 1.54) is 23.8 Å². The average molecular weight is 305 g/mol. The summed E-state index contributed by atoms with van der Waals surface area (Å²) >= 11 is 5.63. The van der Waals surface area contributed by atoms with Gasteiger partial charge < -0.3 is 10.6 Å². The fourth-order valence-corrected chi connectivity index (χ4v) is 1.94. The highest BCUT2D eigenvalue weighted by Crippen LogP contribution is 2.16. The number of rotatable bonds is 3. The molecule has 0 atom stereocenters. The summed E-state index contributed by atoms with van der Waals surface area (Å²) in [5.74, 6) is -0.759. The van der Waals surface area contributed by atoms with E-state index in [-0.39, 0.29) is 23.3 Å². The van der Waals surface area contributed by atoms with Crippen LogP contribution in [0.5, 0.6) is 0 Å². The van der Waals surface area contributed by atoms with Crippen LogP contribution in [0.15, 0.2) is 29.8 Å². The lowest BCUT2D eigenvalue weighted by Crippen LogP contribution is -2.29. The van der Waals surface area contributed by atoms with Gasteiger partial charge in [0.1, 0.15) is 5.82 Å². The van der Waals surface area contributed by atoms with Crippen molar-refractivity contribution in [3.8, 4) is 0 Å². The number of carbonyl (C=O) groups is 1. The van der Waals surface area contributed by atoms with Crippen molar-refractivity contribution >= 4 is 29.9 Å². The first-order valence-electron chi connectivity index (χ1n) is 5.78. The maximum atomic E-state index is 13.0. The van der Waals surface area contributed by atoms with Gasteiger partial charge in [-0.3, -0.25) is 4.79 Å². The molecule has 2 N–H and O–H groups in total. The lowest BCUT2D eigenvalue weighted by atomic mass is 10.1. The van der Waals surface area contributed by atoms with Gasteiger partial charge in [0, 0.05) is 18.7 Å². The van der Waals surface area contributed by atoms with Crippen molar-refractivity contribution in [1.82, 2.24) is 10.6 Å². The number of halogens is 3. The molecule has 1 aromatic rings. The Morgan fingerprint density at radius 3 is 2.89 bits per heavy atom. The molecule has 104 valence electrons. The highest BCUT2D eigenvalue weighted by molar-refractivity contribution is 6.31. The largest absolute Gasteiger partial charge is 0.348 e. The predicted octanol–water partition coefficient (Wildman–Crippen LogP) is 2.55. The van der Waals surface area contributed by atoms with Crippen LogP contribution in [0.3, 0.4) is 0 Å². The minimum Gasteiger partial charge on any atom is -0.348 e. The molecule has 0 radical (unpaired) electrons. The lowest BCUT2D eigenvalue weighted by Gasteiger charge is -2.14. The number of nitrogens with one attached hydrogen (secondary N) is 2. The number of benzene rings is 1. The van der Waals surface area contributed by atoms with Gasteiger partial charge in [-0.05, 0) is 31.2 Å². The number of hydrogen-bond acceptors (Lipinski definition) is 2. The van der Waals surface area contributed by atoms with Crippen molar-refractivity contribution in [2.75, 3.05) is 19.6 Å². The van der Waals surface area contributed by atoms with Crippen LogP contribution in [0, 0.1) is 5.82 Å². The molecule has 0 saturated heterocycles. The van der Waals surface area contributed by atoms with Gasteiger partial charge in [0.2, 0.25) is 0 Å². The number of carbonyl (C=O) groups excluding carboxylic acids is 1.